The number of esters is 1. The monoisotopic (exact) mass is 832 g/mol. The number of unbranched alkanes of at least 4 members (excludes halogenated alkanes) is 33. The Morgan fingerprint density at radius 3 is 1.29 bits per heavy atom. The highest BCUT2D eigenvalue weighted by atomic mass is 16.5. The summed E-state index contributed by atoms with van der Waals surface area (Å²) >= 11 is 0. The van der Waals surface area contributed by atoms with Gasteiger partial charge in [-0.1, -0.05) is 224 Å². The molecule has 0 heterocycles. The van der Waals surface area contributed by atoms with Gasteiger partial charge in [0.1, 0.15) is 0 Å². The predicted octanol–water partition coefficient (Wildman–Crippen LogP) is 15.5. The number of aliphatic hydroxyl groups excluding tert-OH is 2. The van der Waals surface area contributed by atoms with Crippen LogP contribution in [0.1, 0.15) is 277 Å². The largest absolute Gasteiger partial charge is 0.466 e. The van der Waals surface area contributed by atoms with Gasteiger partial charge in [0, 0.05) is 12.8 Å². The number of hydrogen-bond acceptors (Lipinski definition) is 5. The van der Waals surface area contributed by atoms with Gasteiger partial charge in [0.15, 0.2) is 0 Å². The molecule has 0 spiro atoms. The van der Waals surface area contributed by atoms with E-state index in [1.165, 1.54) is 161 Å². The fraction of sp³-hybridized carbons (Fsp3) is 0.887. The van der Waals surface area contributed by atoms with Gasteiger partial charge >= 0.3 is 5.97 Å². The van der Waals surface area contributed by atoms with E-state index in [2.05, 4.69) is 43.5 Å². The Balaban J connectivity index is 3.47. The number of allylic oxidation sites excluding steroid dienone is 4. The number of aliphatic hydroxyl groups is 2. The molecule has 0 aromatic rings. The van der Waals surface area contributed by atoms with E-state index in [-0.39, 0.29) is 18.5 Å². The Kier molecular flexibility index (Phi) is 47.6. The maximum absolute atomic E-state index is 12.4. The third-order valence-electron chi connectivity index (χ3n) is 12.0. The number of ether oxygens (including phenoxy) is 1. The van der Waals surface area contributed by atoms with Crippen LogP contribution in [0.25, 0.3) is 0 Å². The lowest BCUT2D eigenvalue weighted by molar-refractivity contribution is -0.143. The van der Waals surface area contributed by atoms with Gasteiger partial charge in [-0.15, -0.1) is 0 Å². The summed E-state index contributed by atoms with van der Waals surface area (Å²) in [4.78, 5) is 24.4. The molecule has 0 bridgehead atoms. The molecule has 2 unspecified atom stereocenters. The molecule has 2 atom stereocenters. The number of carbonyl (C=O) groups is 2. The lowest BCUT2D eigenvalue weighted by Gasteiger charge is -2.22. The van der Waals surface area contributed by atoms with Crippen LogP contribution in [0.4, 0.5) is 0 Å². The van der Waals surface area contributed by atoms with Gasteiger partial charge in [0.2, 0.25) is 5.91 Å². The van der Waals surface area contributed by atoms with E-state index >= 15 is 0 Å². The fourth-order valence-corrected chi connectivity index (χ4v) is 7.96. The SMILES string of the molecule is CCCCCCCCCCCCCCCCCC(=O)OCCCCC/C=C\C/C=C\CCCCCCCCCC(=O)NC(CO)C(O)CCCCCCCCCCCC. The number of carbonyl (C=O) groups excluding carboxylic acids is 2. The first-order chi connectivity index (χ1) is 29.0. The van der Waals surface area contributed by atoms with Crippen LogP contribution in [0.3, 0.4) is 0 Å². The third kappa shape index (κ3) is 45.7. The Labute approximate surface area is 367 Å². The molecular formula is C53H101NO5. The molecule has 6 heteroatoms. The zero-order valence-corrected chi connectivity index (χ0v) is 39.5. The molecule has 59 heavy (non-hydrogen) atoms. The third-order valence-corrected chi connectivity index (χ3v) is 12.0. The Bertz CT molecular complexity index is 920. The molecule has 0 saturated carbocycles. The molecule has 0 aliphatic carbocycles. The van der Waals surface area contributed by atoms with Gasteiger partial charge in [-0.05, 0) is 64.2 Å². The Morgan fingerprint density at radius 1 is 0.475 bits per heavy atom. The molecule has 0 rings (SSSR count). The normalized spacial score (nSPS) is 12.8. The highest BCUT2D eigenvalue weighted by molar-refractivity contribution is 5.76. The molecule has 1 amide bonds. The molecule has 348 valence electrons. The van der Waals surface area contributed by atoms with Crippen molar-refractivity contribution in [2.45, 2.75) is 289 Å². The van der Waals surface area contributed by atoms with Crippen LogP contribution < -0.4 is 5.32 Å². The van der Waals surface area contributed by atoms with E-state index in [4.69, 9.17) is 4.74 Å². The second-order valence-electron chi connectivity index (χ2n) is 17.9. The summed E-state index contributed by atoms with van der Waals surface area (Å²) in [5.41, 5.74) is 0. The number of amides is 1. The highest BCUT2D eigenvalue weighted by Crippen LogP contribution is 2.16. The van der Waals surface area contributed by atoms with Crippen LogP contribution >= 0.6 is 0 Å². The number of rotatable bonds is 48. The van der Waals surface area contributed by atoms with Gasteiger partial charge in [-0.2, -0.15) is 0 Å². The van der Waals surface area contributed by atoms with Crippen LogP contribution in [-0.2, 0) is 14.3 Å². The van der Waals surface area contributed by atoms with Gasteiger partial charge in [-0.3, -0.25) is 9.59 Å². The molecule has 0 aliphatic heterocycles. The van der Waals surface area contributed by atoms with Crippen molar-refractivity contribution in [3.05, 3.63) is 24.3 Å². The second-order valence-corrected chi connectivity index (χ2v) is 17.9. The zero-order chi connectivity index (χ0) is 43.0. The van der Waals surface area contributed by atoms with Crippen molar-refractivity contribution in [2.75, 3.05) is 13.2 Å². The summed E-state index contributed by atoms with van der Waals surface area (Å²) in [7, 11) is 0. The maximum Gasteiger partial charge on any atom is 0.305 e. The summed E-state index contributed by atoms with van der Waals surface area (Å²) in [6.45, 7) is 4.89. The van der Waals surface area contributed by atoms with Crippen LogP contribution in [0, 0.1) is 0 Å². The van der Waals surface area contributed by atoms with Crippen molar-refractivity contribution in [2.24, 2.45) is 0 Å². The summed E-state index contributed by atoms with van der Waals surface area (Å²) in [6, 6.07) is -0.551. The molecule has 6 nitrogen and oxygen atoms in total. The maximum atomic E-state index is 12.4. The van der Waals surface area contributed by atoms with Crippen molar-refractivity contribution in [1.29, 1.82) is 0 Å². The van der Waals surface area contributed by atoms with E-state index < -0.39 is 12.1 Å². The number of nitrogens with one attached hydrogen (secondary N) is 1. The van der Waals surface area contributed by atoms with Crippen LogP contribution in [0.2, 0.25) is 0 Å². The van der Waals surface area contributed by atoms with Crippen molar-refractivity contribution < 1.29 is 24.5 Å². The van der Waals surface area contributed by atoms with Gasteiger partial charge in [0.05, 0.1) is 25.4 Å². The van der Waals surface area contributed by atoms with E-state index in [0.29, 0.717) is 25.9 Å². The summed E-state index contributed by atoms with van der Waals surface area (Å²) in [6.07, 6.45) is 57.3. The molecule has 0 aliphatic rings. The average Bonchev–Trinajstić information content (AvgIpc) is 3.24. The molecular weight excluding hydrogens is 731 g/mol. The lowest BCUT2D eigenvalue weighted by Crippen LogP contribution is -2.45. The highest BCUT2D eigenvalue weighted by Gasteiger charge is 2.20. The van der Waals surface area contributed by atoms with Crippen LogP contribution in [-0.4, -0.2) is 47.4 Å². The minimum Gasteiger partial charge on any atom is -0.466 e. The fourth-order valence-electron chi connectivity index (χ4n) is 7.96. The first-order valence-corrected chi connectivity index (χ1v) is 26.1. The quantitative estimate of drug-likeness (QED) is 0.0322. The molecule has 0 saturated heterocycles. The van der Waals surface area contributed by atoms with Crippen molar-refractivity contribution >= 4 is 11.9 Å². The Hall–Kier alpha value is -1.66. The standard InChI is InChI=1S/C53H101NO5/c1-3-5-7-9-11-13-15-16-20-24-27-31-35-39-43-47-53(58)59-48-44-40-36-32-28-25-22-19-17-18-21-23-26-30-34-38-42-46-52(57)54-50(49-55)51(56)45-41-37-33-29-14-12-10-8-6-4-2/h17,19,25,28,50-51,55-56H,3-16,18,20-24,26-27,29-49H2,1-2H3,(H,54,57)/b19-17-,28-25-. The topological polar surface area (TPSA) is 95.9 Å². The zero-order valence-electron chi connectivity index (χ0n) is 39.5. The Morgan fingerprint density at radius 2 is 0.847 bits per heavy atom. The summed E-state index contributed by atoms with van der Waals surface area (Å²) < 4.78 is 5.45. The average molecular weight is 832 g/mol. The first-order valence-electron chi connectivity index (χ1n) is 26.1. The second kappa shape index (κ2) is 49.0. The predicted molar refractivity (Wildman–Crippen MR) is 255 cm³/mol. The van der Waals surface area contributed by atoms with Crippen molar-refractivity contribution in [1.82, 2.24) is 5.32 Å². The minimum absolute atomic E-state index is 0.0130. The van der Waals surface area contributed by atoms with E-state index in [0.717, 1.165) is 83.5 Å². The molecule has 0 radical (unpaired) electrons. The van der Waals surface area contributed by atoms with Gasteiger partial charge in [0.25, 0.3) is 0 Å². The molecule has 0 fully saturated rings. The lowest BCUT2D eigenvalue weighted by atomic mass is 10.0. The van der Waals surface area contributed by atoms with E-state index in [9.17, 15) is 19.8 Å². The first kappa shape index (κ1) is 57.3. The molecule has 0 aromatic heterocycles. The number of hydrogen-bond donors (Lipinski definition) is 3. The molecule has 0 aromatic carbocycles. The van der Waals surface area contributed by atoms with Crippen molar-refractivity contribution in [3.63, 3.8) is 0 Å². The van der Waals surface area contributed by atoms with Gasteiger partial charge in [-0.25, -0.2) is 0 Å². The van der Waals surface area contributed by atoms with Crippen LogP contribution in [0.15, 0.2) is 24.3 Å². The van der Waals surface area contributed by atoms with E-state index in [1.54, 1.807) is 0 Å². The van der Waals surface area contributed by atoms with Crippen molar-refractivity contribution in [3.8, 4) is 0 Å². The summed E-state index contributed by atoms with van der Waals surface area (Å²) in [5.74, 6) is -0.0659. The molecule has 3 N–H and O–H groups in total. The van der Waals surface area contributed by atoms with E-state index in [1.807, 2.05) is 0 Å². The minimum atomic E-state index is -0.672. The summed E-state index contributed by atoms with van der Waals surface area (Å²) in [5, 5.41) is 23.1. The van der Waals surface area contributed by atoms with Crippen LogP contribution in [0.5, 0.6) is 0 Å². The van der Waals surface area contributed by atoms with Gasteiger partial charge < -0.3 is 20.3 Å². The smallest absolute Gasteiger partial charge is 0.305 e.